The molecule has 0 bridgehead atoms. The van der Waals surface area contributed by atoms with Crippen LogP contribution >= 0.6 is 0 Å². The van der Waals surface area contributed by atoms with E-state index in [4.69, 9.17) is 9.51 Å². The molecule has 1 N–H and O–H groups in total. The van der Waals surface area contributed by atoms with Crippen LogP contribution in [-0.4, -0.2) is 40.7 Å². The quantitative estimate of drug-likeness (QED) is 0.714. The van der Waals surface area contributed by atoms with Gasteiger partial charge in [0.1, 0.15) is 17.0 Å². The van der Waals surface area contributed by atoms with Gasteiger partial charge in [-0.1, -0.05) is 16.8 Å². The number of fused-ring (bicyclic) bond motifs is 1. The zero-order valence-electron chi connectivity index (χ0n) is 17.4. The van der Waals surface area contributed by atoms with Crippen LogP contribution in [0.4, 0.5) is 5.82 Å². The number of carbonyl (C=O) groups is 1. The van der Waals surface area contributed by atoms with Crippen molar-refractivity contribution in [3.63, 3.8) is 0 Å². The maximum absolute atomic E-state index is 12.3. The summed E-state index contributed by atoms with van der Waals surface area (Å²) in [5.74, 6) is 1.62. The minimum atomic E-state index is 0.0541. The highest BCUT2D eigenvalue weighted by molar-refractivity contribution is 5.88. The molecule has 1 saturated heterocycles. The van der Waals surface area contributed by atoms with Crippen molar-refractivity contribution in [2.45, 2.75) is 71.1 Å². The van der Waals surface area contributed by atoms with Gasteiger partial charge in [-0.15, -0.1) is 0 Å². The molecule has 0 saturated carbocycles. The smallest absolute Gasteiger partial charge is 0.263 e. The van der Waals surface area contributed by atoms with E-state index in [9.17, 15) is 4.79 Å². The Labute approximate surface area is 171 Å². The first kappa shape index (κ1) is 19.9. The zero-order valence-corrected chi connectivity index (χ0v) is 17.4. The Morgan fingerprint density at radius 2 is 2.00 bits per heavy atom. The van der Waals surface area contributed by atoms with E-state index in [2.05, 4.69) is 26.4 Å². The van der Waals surface area contributed by atoms with Crippen molar-refractivity contribution in [1.82, 2.24) is 20.4 Å². The van der Waals surface area contributed by atoms with E-state index in [0.717, 1.165) is 36.4 Å². The Bertz CT molecular complexity index is 883. The van der Waals surface area contributed by atoms with Gasteiger partial charge in [0.15, 0.2) is 0 Å². The summed E-state index contributed by atoms with van der Waals surface area (Å²) in [5.41, 5.74) is 2.83. The summed E-state index contributed by atoms with van der Waals surface area (Å²) in [6.45, 7) is 4.63. The van der Waals surface area contributed by atoms with Crippen LogP contribution in [0.3, 0.4) is 0 Å². The summed E-state index contributed by atoms with van der Waals surface area (Å²) in [6, 6.07) is 0. The van der Waals surface area contributed by atoms with Gasteiger partial charge in [-0.25, -0.2) is 4.98 Å². The van der Waals surface area contributed by atoms with Crippen molar-refractivity contribution in [2.24, 2.45) is 0 Å². The number of anilines is 1. The Kier molecular flexibility index (Phi) is 6.42. The summed E-state index contributed by atoms with van der Waals surface area (Å²) < 4.78 is 5.43. The van der Waals surface area contributed by atoms with Crippen molar-refractivity contribution >= 4 is 22.8 Å². The average molecular weight is 398 g/mol. The van der Waals surface area contributed by atoms with Crippen LogP contribution in [0.25, 0.3) is 11.1 Å². The summed E-state index contributed by atoms with van der Waals surface area (Å²) in [6.07, 6.45) is 12.7. The molecule has 3 heterocycles. The average Bonchev–Trinajstić information content (AvgIpc) is 3.14. The number of nitrogens with one attached hydrogen (secondary N) is 1. The lowest BCUT2D eigenvalue weighted by atomic mass is 9.97. The molecule has 156 valence electrons. The number of carbonyl (C=O) groups excluding carboxylic acids is 1. The van der Waals surface area contributed by atoms with Crippen LogP contribution in [0, 0.1) is 6.92 Å². The van der Waals surface area contributed by atoms with Crippen molar-refractivity contribution < 1.29 is 9.32 Å². The molecule has 2 aromatic rings. The summed E-state index contributed by atoms with van der Waals surface area (Å²) in [7, 11) is 0. The number of hydrogen-bond donors (Lipinski definition) is 1. The van der Waals surface area contributed by atoms with Crippen molar-refractivity contribution in [2.75, 3.05) is 24.5 Å². The fraction of sp³-hybridized carbons (Fsp3) is 0.636. The maximum atomic E-state index is 12.3. The highest BCUT2D eigenvalue weighted by atomic mass is 16.5. The normalized spacial score (nSPS) is 17.4. The lowest BCUT2D eigenvalue weighted by Gasteiger charge is -2.28. The highest BCUT2D eigenvalue weighted by Crippen LogP contribution is 2.29. The molecule has 0 unspecified atom stereocenters. The Balaban J connectivity index is 1.37. The second-order valence-electron chi connectivity index (χ2n) is 8.17. The fourth-order valence-corrected chi connectivity index (χ4v) is 4.27. The molecule has 7 nitrogen and oxygen atoms in total. The monoisotopic (exact) mass is 397 g/mol. The third-order valence-electron chi connectivity index (χ3n) is 5.92. The van der Waals surface area contributed by atoms with Gasteiger partial charge < -0.3 is 14.7 Å². The minimum Gasteiger partial charge on any atom is -0.356 e. The SMILES string of the molecule is Cc1noc2nc(CCC(=O)NCCC3=CCCCC3)nc(N3CCCCC3)c12. The molecule has 29 heavy (non-hydrogen) atoms. The third-order valence-corrected chi connectivity index (χ3v) is 5.92. The molecule has 0 aromatic carbocycles. The number of allylic oxidation sites excluding steroid dienone is 1. The van der Waals surface area contributed by atoms with Crippen LogP contribution in [0.2, 0.25) is 0 Å². The van der Waals surface area contributed by atoms with Gasteiger partial charge in [-0.2, -0.15) is 4.98 Å². The maximum Gasteiger partial charge on any atom is 0.263 e. The van der Waals surface area contributed by atoms with Crippen LogP contribution in [-0.2, 0) is 11.2 Å². The van der Waals surface area contributed by atoms with Crippen LogP contribution < -0.4 is 10.2 Å². The van der Waals surface area contributed by atoms with Crippen LogP contribution in [0.1, 0.15) is 69.3 Å². The number of amides is 1. The van der Waals surface area contributed by atoms with E-state index in [1.54, 1.807) is 0 Å². The van der Waals surface area contributed by atoms with E-state index in [1.807, 2.05) is 6.92 Å². The van der Waals surface area contributed by atoms with Gasteiger partial charge in [-0.05, 0) is 58.3 Å². The molecule has 1 aliphatic carbocycles. The van der Waals surface area contributed by atoms with Gasteiger partial charge in [0, 0.05) is 32.5 Å². The number of rotatable bonds is 7. The Hall–Kier alpha value is -2.44. The summed E-state index contributed by atoms with van der Waals surface area (Å²) in [4.78, 5) is 23.9. The van der Waals surface area contributed by atoms with Crippen molar-refractivity contribution in [3.8, 4) is 0 Å². The molecule has 1 fully saturated rings. The number of piperidine rings is 1. The predicted octanol–water partition coefficient (Wildman–Crippen LogP) is 3.86. The number of hydrogen-bond acceptors (Lipinski definition) is 6. The fourth-order valence-electron chi connectivity index (χ4n) is 4.27. The number of aryl methyl sites for hydroxylation is 2. The minimum absolute atomic E-state index is 0.0541. The van der Waals surface area contributed by atoms with E-state index in [1.165, 1.54) is 50.5 Å². The van der Waals surface area contributed by atoms with E-state index in [0.29, 0.717) is 30.9 Å². The second kappa shape index (κ2) is 9.37. The third kappa shape index (κ3) is 4.95. The van der Waals surface area contributed by atoms with Crippen molar-refractivity contribution in [3.05, 3.63) is 23.2 Å². The van der Waals surface area contributed by atoms with E-state index in [-0.39, 0.29) is 5.91 Å². The molecule has 0 radical (unpaired) electrons. The molecule has 4 rings (SSSR count). The Morgan fingerprint density at radius 1 is 1.14 bits per heavy atom. The van der Waals surface area contributed by atoms with Gasteiger partial charge in [-0.3, -0.25) is 4.79 Å². The number of nitrogens with zero attached hydrogens (tertiary/aromatic N) is 4. The van der Waals surface area contributed by atoms with Gasteiger partial charge in [0.2, 0.25) is 5.91 Å². The standard InChI is InChI=1S/C22H31N5O2/c1-16-20-21(27-14-6-3-7-15-27)24-18(25-22(20)29-26-16)10-11-19(28)23-13-12-17-8-4-2-5-9-17/h8H,2-7,9-15H2,1H3,(H,23,28). The summed E-state index contributed by atoms with van der Waals surface area (Å²) in [5, 5.41) is 8.03. The topological polar surface area (TPSA) is 84.1 Å². The lowest BCUT2D eigenvalue weighted by Crippen LogP contribution is -2.31. The van der Waals surface area contributed by atoms with E-state index < -0.39 is 0 Å². The lowest BCUT2D eigenvalue weighted by molar-refractivity contribution is -0.121. The summed E-state index contributed by atoms with van der Waals surface area (Å²) >= 11 is 0. The largest absolute Gasteiger partial charge is 0.356 e. The second-order valence-corrected chi connectivity index (χ2v) is 8.17. The van der Waals surface area contributed by atoms with Gasteiger partial charge >= 0.3 is 0 Å². The highest BCUT2D eigenvalue weighted by Gasteiger charge is 2.21. The Morgan fingerprint density at radius 3 is 2.79 bits per heavy atom. The molecule has 7 heteroatoms. The van der Waals surface area contributed by atoms with Crippen LogP contribution in [0.15, 0.2) is 16.2 Å². The number of aromatic nitrogens is 3. The predicted molar refractivity (Wildman–Crippen MR) is 113 cm³/mol. The molecule has 2 aromatic heterocycles. The molecular weight excluding hydrogens is 366 g/mol. The molecule has 1 aliphatic heterocycles. The van der Waals surface area contributed by atoms with Crippen LogP contribution in [0.5, 0.6) is 0 Å². The molecule has 2 aliphatic rings. The first-order chi connectivity index (χ1) is 14.2. The van der Waals surface area contributed by atoms with E-state index >= 15 is 0 Å². The molecule has 1 amide bonds. The first-order valence-electron chi connectivity index (χ1n) is 11.0. The van der Waals surface area contributed by atoms with Gasteiger partial charge in [0.05, 0.1) is 5.69 Å². The molecule has 0 atom stereocenters. The zero-order chi connectivity index (χ0) is 20.1. The molecular formula is C22H31N5O2. The molecule has 0 spiro atoms. The van der Waals surface area contributed by atoms with Gasteiger partial charge in [0.25, 0.3) is 5.71 Å². The first-order valence-corrected chi connectivity index (χ1v) is 11.0. The van der Waals surface area contributed by atoms with Crippen molar-refractivity contribution in [1.29, 1.82) is 0 Å².